The minimum atomic E-state index is -3.25. The third-order valence-corrected chi connectivity index (χ3v) is 6.75. The van der Waals surface area contributed by atoms with Crippen molar-refractivity contribution in [2.45, 2.75) is 24.7 Å². The van der Waals surface area contributed by atoms with Crippen molar-refractivity contribution in [3.63, 3.8) is 0 Å². The molecule has 0 fully saturated rings. The summed E-state index contributed by atoms with van der Waals surface area (Å²) in [6, 6.07) is 14.7. The number of anilines is 1. The molecule has 10 heteroatoms. The number of aromatic nitrogens is 1. The van der Waals surface area contributed by atoms with Crippen molar-refractivity contribution in [2.24, 2.45) is 5.73 Å². The SMILES string of the molecule is CC(=O)Nc1nc(-c2ccc(CCNC(=N)N)cc2)c(Cc2ccc(S(C)(=O)=O)cc2)s1. The van der Waals surface area contributed by atoms with E-state index >= 15 is 0 Å². The Morgan fingerprint density at radius 1 is 1.09 bits per heavy atom. The zero-order chi connectivity index (χ0) is 23.3. The highest BCUT2D eigenvalue weighted by molar-refractivity contribution is 7.90. The van der Waals surface area contributed by atoms with Crippen molar-refractivity contribution in [1.82, 2.24) is 10.3 Å². The van der Waals surface area contributed by atoms with E-state index in [2.05, 4.69) is 15.6 Å². The topological polar surface area (TPSA) is 138 Å². The van der Waals surface area contributed by atoms with E-state index in [0.717, 1.165) is 33.7 Å². The lowest BCUT2D eigenvalue weighted by Gasteiger charge is -2.07. The molecule has 0 spiro atoms. The first kappa shape index (κ1) is 23.4. The van der Waals surface area contributed by atoms with Gasteiger partial charge in [-0.1, -0.05) is 36.4 Å². The maximum absolute atomic E-state index is 11.7. The van der Waals surface area contributed by atoms with Gasteiger partial charge in [-0.2, -0.15) is 0 Å². The molecule has 168 valence electrons. The molecule has 0 atom stereocenters. The average molecular weight is 472 g/mol. The number of nitrogens with one attached hydrogen (secondary N) is 3. The number of thiazole rings is 1. The van der Waals surface area contributed by atoms with Crippen LogP contribution >= 0.6 is 11.3 Å². The van der Waals surface area contributed by atoms with Gasteiger partial charge in [-0.15, -0.1) is 11.3 Å². The Kier molecular flexibility index (Phi) is 7.26. The number of amides is 1. The third kappa shape index (κ3) is 6.38. The molecule has 2 aromatic carbocycles. The number of benzene rings is 2. The number of hydrogen-bond donors (Lipinski definition) is 4. The zero-order valence-electron chi connectivity index (χ0n) is 17.8. The molecule has 0 saturated carbocycles. The van der Waals surface area contributed by atoms with E-state index in [-0.39, 0.29) is 16.8 Å². The van der Waals surface area contributed by atoms with Gasteiger partial charge in [0.15, 0.2) is 20.9 Å². The lowest BCUT2D eigenvalue weighted by Crippen LogP contribution is -2.31. The largest absolute Gasteiger partial charge is 0.370 e. The zero-order valence-corrected chi connectivity index (χ0v) is 19.4. The van der Waals surface area contributed by atoms with Gasteiger partial charge in [0.1, 0.15) is 0 Å². The van der Waals surface area contributed by atoms with E-state index in [1.807, 2.05) is 24.3 Å². The quantitative estimate of drug-likeness (QED) is 0.294. The van der Waals surface area contributed by atoms with E-state index < -0.39 is 9.84 Å². The highest BCUT2D eigenvalue weighted by Gasteiger charge is 2.15. The average Bonchev–Trinajstić information content (AvgIpc) is 3.09. The highest BCUT2D eigenvalue weighted by Crippen LogP contribution is 2.33. The second kappa shape index (κ2) is 9.92. The Bertz CT molecular complexity index is 1220. The number of nitrogens with two attached hydrogens (primary N) is 1. The molecule has 1 aromatic heterocycles. The van der Waals surface area contributed by atoms with E-state index in [4.69, 9.17) is 11.1 Å². The van der Waals surface area contributed by atoms with Gasteiger partial charge in [0, 0.05) is 36.6 Å². The fourth-order valence-electron chi connectivity index (χ4n) is 3.11. The van der Waals surface area contributed by atoms with Crippen LogP contribution in [0.1, 0.15) is 22.9 Å². The van der Waals surface area contributed by atoms with Crippen molar-refractivity contribution in [1.29, 1.82) is 5.41 Å². The molecule has 0 aliphatic carbocycles. The molecule has 8 nitrogen and oxygen atoms in total. The van der Waals surface area contributed by atoms with Crippen molar-refractivity contribution >= 4 is 38.2 Å². The first-order chi connectivity index (χ1) is 15.1. The van der Waals surface area contributed by atoms with Crippen LogP contribution < -0.4 is 16.4 Å². The predicted molar refractivity (Wildman–Crippen MR) is 128 cm³/mol. The van der Waals surface area contributed by atoms with Crippen molar-refractivity contribution in [3.8, 4) is 11.3 Å². The Morgan fingerprint density at radius 3 is 2.28 bits per heavy atom. The summed E-state index contributed by atoms with van der Waals surface area (Å²) in [6.07, 6.45) is 2.47. The first-order valence-electron chi connectivity index (χ1n) is 9.85. The highest BCUT2D eigenvalue weighted by atomic mass is 32.2. The van der Waals surface area contributed by atoms with Gasteiger partial charge in [-0.05, 0) is 29.7 Å². The summed E-state index contributed by atoms with van der Waals surface area (Å²) < 4.78 is 23.4. The van der Waals surface area contributed by atoms with Crippen LogP contribution in [0.3, 0.4) is 0 Å². The van der Waals surface area contributed by atoms with Crippen molar-refractivity contribution < 1.29 is 13.2 Å². The maximum Gasteiger partial charge on any atom is 0.223 e. The molecule has 0 aliphatic rings. The van der Waals surface area contributed by atoms with Gasteiger partial charge in [-0.25, -0.2) is 13.4 Å². The van der Waals surface area contributed by atoms with Gasteiger partial charge in [0.05, 0.1) is 10.6 Å². The monoisotopic (exact) mass is 471 g/mol. The molecule has 3 aromatic rings. The van der Waals surface area contributed by atoms with E-state index in [0.29, 0.717) is 18.1 Å². The smallest absolute Gasteiger partial charge is 0.223 e. The van der Waals surface area contributed by atoms with Gasteiger partial charge >= 0.3 is 0 Å². The van der Waals surface area contributed by atoms with Gasteiger partial charge in [-0.3, -0.25) is 10.2 Å². The molecule has 0 aliphatic heterocycles. The van der Waals surface area contributed by atoms with Crippen LogP contribution in [0.4, 0.5) is 5.13 Å². The summed E-state index contributed by atoms with van der Waals surface area (Å²) in [7, 11) is -3.25. The van der Waals surface area contributed by atoms with Crippen LogP contribution in [-0.4, -0.2) is 38.1 Å². The maximum atomic E-state index is 11.7. The molecule has 3 rings (SSSR count). The minimum absolute atomic E-state index is 0.0520. The van der Waals surface area contributed by atoms with Gasteiger partial charge in [0.25, 0.3) is 0 Å². The van der Waals surface area contributed by atoms with Crippen LogP contribution in [0, 0.1) is 5.41 Å². The molecule has 1 amide bonds. The predicted octanol–water partition coefficient (Wildman–Crippen LogP) is 2.79. The fraction of sp³-hybridized carbons (Fsp3) is 0.227. The molecule has 0 saturated heterocycles. The summed E-state index contributed by atoms with van der Waals surface area (Å²) in [6.45, 7) is 2.02. The lowest BCUT2D eigenvalue weighted by molar-refractivity contribution is -0.114. The Balaban J connectivity index is 1.86. The standard InChI is InChI=1S/C22H25N5O3S2/c1-14(28)26-22-27-20(17-7-3-15(4-8-17)11-12-25-21(23)24)19(31-22)13-16-5-9-18(10-6-16)32(2,29)30/h3-10H,11-13H2,1-2H3,(H4,23,24,25)(H,26,27,28). The van der Waals surface area contributed by atoms with Crippen LogP contribution in [0.25, 0.3) is 11.3 Å². The number of guanidine groups is 1. The number of rotatable bonds is 8. The summed E-state index contributed by atoms with van der Waals surface area (Å²) in [5, 5.41) is 13.3. The van der Waals surface area contributed by atoms with Gasteiger partial charge < -0.3 is 16.4 Å². The van der Waals surface area contributed by atoms with Crippen molar-refractivity contribution in [3.05, 3.63) is 64.5 Å². The first-order valence-corrected chi connectivity index (χ1v) is 12.6. The number of carbonyl (C=O) groups excluding carboxylic acids is 1. The number of hydrogen-bond acceptors (Lipinski definition) is 6. The molecule has 0 unspecified atom stereocenters. The number of sulfone groups is 1. The van der Waals surface area contributed by atoms with Crippen LogP contribution in [0.2, 0.25) is 0 Å². The van der Waals surface area contributed by atoms with E-state index in [1.165, 1.54) is 24.5 Å². The Labute approximate surface area is 191 Å². The summed E-state index contributed by atoms with van der Waals surface area (Å²) in [4.78, 5) is 17.4. The van der Waals surface area contributed by atoms with E-state index in [9.17, 15) is 13.2 Å². The molecular formula is C22H25N5O3S2. The number of nitrogens with zero attached hydrogens (tertiary/aromatic N) is 1. The Morgan fingerprint density at radius 2 is 1.72 bits per heavy atom. The molecule has 32 heavy (non-hydrogen) atoms. The molecular weight excluding hydrogens is 446 g/mol. The lowest BCUT2D eigenvalue weighted by atomic mass is 10.0. The summed E-state index contributed by atoms with van der Waals surface area (Å²) in [5.41, 5.74) is 9.05. The molecule has 0 bridgehead atoms. The van der Waals surface area contributed by atoms with Crippen molar-refractivity contribution in [2.75, 3.05) is 18.1 Å². The fourth-order valence-corrected chi connectivity index (χ4v) is 4.81. The van der Waals surface area contributed by atoms with Gasteiger partial charge in [0.2, 0.25) is 5.91 Å². The number of carbonyl (C=O) groups is 1. The van der Waals surface area contributed by atoms with Crippen LogP contribution in [-0.2, 0) is 27.5 Å². The molecule has 5 N–H and O–H groups in total. The van der Waals surface area contributed by atoms with Crippen LogP contribution in [0.15, 0.2) is 53.4 Å². The second-order valence-electron chi connectivity index (χ2n) is 7.35. The minimum Gasteiger partial charge on any atom is -0.370 e. The third-order valence-electron chi connectivity index (χ3n) is 4.65. The normalized spacial score (nSPS) is 11.2. The Hall–Kier alpha value is -3.24. The van der Waals surface area contributed by atoms with Crippen LogP contribution in [0.5, 0.6) is 0 Å². The summed E-state index contributed by atoms with van der Waals surface area (Å²) in [5.74, 6) is -0.244. The van der Waals surface area contributed by atoms with E-state index in [1.54, 1.807) is 24.3 Å². The second-order valence-corrected chi connectivity index (χ2v) is 10.5. The molecule has 1 heterocycles. The molecule has 0 radical (unpaired) electrons. The summed E-state index contributed by atoms with van der Waals surface area (Å²) >= 11 is 1.40.